The maximum atomic E-state index is 10.5. The van der Waals surface area contributed by atoms with Crippen LogP contribution in [0.4, 0.5) is 0 Å². The third-order valence-electron chi connectivity index (χ3n) is 3.49. The number of carboxylic acid groups (broad SMARTS) is 1. The maximum Gasteiger partial charge on any atom is 0.303 e. The van der Waals surface area contributed by atoms with Gasteiger partial charge in [0.25, 0.3) is 0 Å². The summed E-state index contributed by atoms with van der Waals surface area (Å²) in [7, 11) is 0. The molecule has 2 rings (SSSR count). The van der Waals surface area contributed by atoms with E-state index in [0.717, 1.165) is 18.5 Å². The summed E-state index contributed by atoms with van der Waals surface area (Å²) in [6.07, 6.45) is 6.36. The molecule has 0 aliphatic carbocycles. The van der Waals surface area contributed by atoms with Gasteiger partial charge in [-0.3, -0.25) is 9.48 Å². The van der Waals surface area contributed by atoms with Crippen LogP contribution in [0.3, 0.4) is 0 Å². The van der Waals surface area contributed by atoms with Crippen molar-refractivity contribution in [3.63, 3.8) is 0 Å². The predicted octanol–water partition coefficient (Wildman–Crippen LogP) is 1.90. The van der Waals surface area contributed by atoms with Crippen molar-refractivity contribution in [3.05, 3.63) is 29.8 Å². The third kappa shape index (κ3) is 4.14. The van der Waals surface area contributed by atoms with Gasteiger partial charge in [-0.1, -0.05) is 19.1 Å². The zero-order valence-corrected chi connectivity index (χ0v) is 12.4. The molecule has 0 aromatic carbocycles. The van der Waals surface area contributed by atoms with Gasteiger partial charge < -0.3 is 5.11 Å². The Morgan fingerprint density at radius 2 is 2.10 bits per heavy atom. The van der Waals surface area contributed by atoms with Crippen LogP contribution in [-0.2, 0) is 17.8 Å². The van der Waals surface area contributed by atoms with Crippen LogP contribution in [-0.4, -0.2) is 35.9 Å². The molecule has 0 fully saturated rings. The van der Waals surface area contributed by atoms with E-state index in [1.165, 1.54) is 0 Å². The minimum absolute atomic E-state index is 0.0714. The number of carbonyl (C=O) groups is 1. The summed E-state index contributed by atoms with van der Waals surface area (Å²) in [5.41, 5.74) is 1.62. The molecule has 2 aromatic rings. The number of aromatic nitrogens is 5. The van der Waals surface area contributed by atoms with Crippen molar-refractivity contribution in [1.82, 2.24) is 24.8 Å². The first kappa shape index (κ1) is 15.2. The highest BCUT2D eigenvalue weighted by atomic mass is 16.4. The van der Waals surface area contributed by atoms with Gasteiger partial charge in [-0.2, -0.15) is 5.10 Å². The molecule has 0 radical (unpaired) electrons. The molecule has 0 spiro atoms. The maximum absolute atomic E-state index is 10.5. The Labute approximate surface area is 123 Å². The molecule has 2 aromatic heterocycles. The molecule has 0 saturated carbocycles. The van der Waals surface area contributed by atoms with Gasteiger partial charge in [0.15, 0.2) is 0 Å². The van der Waals surface area contributed by atoms with E-state index in [9.17, 15) is 4.79 Å². The fourth-order valence-electron chi connectivity index (χ4n) is 2.26. The summed E-state index contributed by atoms with van der Waals surface area (Å²) in [6.45, 7) is 4.86. The lowest BCUT2D eigenvalue weighted by Crippen LogP contribution is -2.09. The Kier molecular flexibility index (Phi) is 5.08. The van der Waals surface area contributed by atoms with E-state index in [1.807, 2.05) is 16.9 Å². The van der Waals surface area contributed by atoms with Crippen LogP contribution in [0.25, 0.3) is 0 Å². The van der Waals surface area contributed by atoms with Crippen LogP contribution in [0.1, 0.15) is 50.5 Å². The molecule has 0 aliphatic heterocycles. The standard InChI is InChI=1S/C14H21N5O2/c1-3-13(4-2)19-8-7-12(16-19)10-18-9-11(15-17-18)5-6-14(20)21/h7-9,13H,3-6,10H2,1-2H3,(H,20,21). The van der Waals surface area contributed by atoms with Gasteiger partial charge in [0.1, 0.15) is 0 Å². The first-order chi connectivity index (χ1) is 10.1. The topological polar surface area (TPSA) is 85.8 Å². The van der Waals surface area contributed by atoms with Gasteiger partial charge in [-0.25, -0.2) is 4.68 Å². The van der Waals surface area contributed by atoms with Crippen molar-refractivity contribution in [2.24, 2.45) is 0 Å². The van der Waals surface area contributed by atoms with E-state index in [1.54, 1.807) is 10.9 Å². The highest BCUT2D eigenvalue weighted by molar-refractivity contribution is 5.66. The highest BCUT2D eigenvalue weighted by Gasteiger charge is 2.09. The second kappa shape index (κ2) is 7.01. The van der Waals surface area contributed by atoms with E-state index in [-0.39, 0.29) is 6.42 Å². The van der Waals surface area contributed by atoms with E-state index >= 15 is 0 Å². The summed E-state index contributed by atoms with van der Waals surface area (Å²) in [6, 6.07) is 2.41. The lowest BCUT2D eigenvalue weighted by molar-refractivity contribution is -0.136. The predicted molar refractivity (Wildman–Crippen MR) is 76.9 cm³/mol. The fourth-order valence-corrected chi connectivity index (χ4v) is 2.26. The second-order valence-electron chi connectivity index (χ2n) is 5.06. The molecular formula is C14H21N5O2. The van der Waals surface area contributed by atoms with Gasteiger partial charge in [-0.05, 0) is 18.9 Å². The molecule has 2 heterocycles. The van der Waals surface area contributed by atoms with Gasteiger partial charge in [-0.15, -0.1) is 5.10 Å². The molecule has 0 atom stereocenters. The molecule has 7 heteroatoms. The zero-order chi connectivity index (χ0) is 15.2. The first-order valence-corrected chi connectivity index (χ1v) is 7.27. The van der Waals surface area contributed by atoms with E-state index in [0.29, 0.717) is 24.7 Å². The van der Waals surface area contributed by atoms with Crippen LogP contribution in [0, 0.1) is 0 Å². The Hall–Kier alpha value is -2.18. The zero-order valence-electron chi connectivity index (χ0n) is 12.4. The Morgan fingerprint density at radius 1 is 1.33 bits per heavy atom. The minimum Gasteiger partial charge on any atom is -0.481 e. The van der Waals surface area contributed by atoms with Crippen molar-refractivity contribution in [3.8, 4) is 0 Å². The molecule has 21 heavy (non-hydrogen) atoms. The van der Waals surface area contributed by atoms with E-state index in [4.69, 9.17) is 5.11 Å². The molecule has 7 nitrogen and oxygen atoms in total. The molecule has 0 aliphatic rings. The van der Waals surface area contributed by atoms with Gasteiger partial charge in [0, 0.05) is 18.8 Å². The largest absolute Gasteiger partial charge is 0.481 e. The summed E-state index contributed by atoms with van der Waals surface area (Å²) in [4.78, 5) is 10.5. The van der Waals surface area contributed by atoms with E-state index in [2.05, 4.69) is 29.3 Å². The van der Waals surface area contributed by atoms with Crippen molar-refractivity contribution in [2.45, 2.75) is 52.1 Å². The molecule has 0 amide bonds. The molecule has 0 bridgehead atoms. The second-order valence-corrected chi connectivity index (χ2v) is 5.06. The Balaban J connectivity index is 1.97. The van der Waals surface area contributed by atoms with Crippen LogP contribution in [0.15, 0.2) is 18.5 Å². The summed E-state index contributed by atoms with van der Waals surface area (Å²) in [5.74, 6) is -0.825. The Bertz CT molecular complexity index is 586. The lowest BCUT2D eigenvalue weighted by atomic mass is 10.2. The van der Waals surface area contributed by atoms with Crippen LogP contribution in [0.2, 0.25) is 0 Å². The molecular weight excluding hydrogens is 270 g/mol. The van der Waals surface area contributed by atoms with Gasteiger partial charge >= 0.3 is 5.97 Å². The summed E-state index contributed by atoms with van der Waals surface area (Å²) < 4.78 is 3.69. The van der Waals surface area contributed by atoms with Gasteiger partial charge in [0.2, 0.25) is 0 Å². The summed E-state index contributed by atoms with van der Waals surface area (Å²) >= 11 is 0. The average molecular weight is 291 g/mol. The molecule has 0 saturated heterocycles. The van der Waals surface area contributed by atoms with Crippen molar-refractivity contribution in [2.75, 3.05) is 0 Å². The van der Waals surface area contributed by atoms with E-state index < -0.39 is 5.97 Å². The van der Waals surface area contributed by atoms with Crippen LogP contribution >= 0.6 is 0 Å². The fraction of sp³-hybridized carbons (Fsp3) is 0.571. The molecule has 0 unspecified atom stereocenters. The normalized spacial score (nSPS) is 11.2. The minimum atomic E-state index is -0.825. The number of hydrogen-bond donors (Lipinski definition) is 1. The van der Waals surface area contributed by atoms with Crippen molar-refractivity contribution >= 4 is 5.97 Å². The van der Waals surface area contributed by atoms with Crippen molar-refractivity contribution in [1.29, 1.82) is 0 Å². The Morgan fingerprint density at radius 3 is 2.76 bits per heavy atom. The number of hydrogen-bond acceptors (Lipinski definition) is 4. The quantitative estimate of drug-likeness (QED) is 0.802. The van der Waals surface area contributed by atoms with Gasteiger partial charge in [0.05, 0.1) is 30.4 Å². The van der Waals surface area contributed by atoms with Crippen LogP contribution < -0.4 is 0 Å². The summed E-state index contributed by atoms with van der Waals surface area (Å²) in [5, 5.41) is 21.2. The monoisotopic (exact) mass is 291 g/mol. The number of rotatable bonds is 8. The first-order valence-electron chi connectivity index (χ1n) is 7.27. The number of carboxylic acids is 1. The SMILES string of the molecule is CCC(CC)n1ccc(Cn2cc(CCC(=O)O)nn2)n1. The van der Waals surface area contributed by atoms with Crippen LogP contribution in [0.5, 0.6) is 0 Å². The number of aryl methyl sites for hydroxylation is 1. The third-order valence-corrected chi connectivity index (χ3v) is 3.49. The van der Waals surface area contributed by atoms with Crippen molar-refractivity contribution < 1.29 is 9.90 Å². The smallest absolute Gasteiger partial charge is 0.303 e. The lowest BCUT2D eigenvalue weighted by Gasteiger charge is -2.12. The average Bonchev–Trinajstić information content (AvgIpc) is 3.08. The number of nitrogens with zero attached hydrogens (tertiary/aromatic N) is 5. The molecule has 1 N–H and O–H groups in total. The molecule has 114 valence electrons. The number of aliphatic carboxylic acids is 1. The highest BCUT2D eigenvalue weighted by Crippen LogP contribution is 2.14.